The van der Waals surface area contributed by atoms with Gasteiger partial charge in [0, 0.05) is 18.1 Å². The second-order valence-corrected chi connectivity index (χ2v) is 10.6. The number of aryl methyl sites for hydroxylation is 1. The Hall–Kier alpha value is -1.41. The maximum atomic E-state index is 12.9. The van der Waals surface area contributed by atoms with Crippen molar-refractivity contribution in [2.45, 2.75) is 28.4 Å². The Labute approximate surface area is 153 Å². The molecule has 8 heteroatoms. The molecule has 1 fully saturated rings. The van der Waals surface area contributed by atoms with Gasteiger partial charge in [-0.25, -0.2) is 16.8 Å². The van der Waals surface area contributed by atoms with Crippen LogP contribution in [0.5, 0.6) is 0 Å². The number of sulfonamides is 1. The molecular weight excluding hydrogens is 382 g/mol. The van der Waals surface area contributed by atoms with Crippen LogP contribution in [0.25, 0.3) is 0 Å². The van der Waals surface area contributed by atoms with Gasteiger partial charge in [-0.2, -0.15) is 4.31 Å². The van der Waals surface area contributed by atoms with Gasteiger partial charge in [0.1, 0.15) is 0 Å². The Kier molecular flexibility index (Phi) is 4.94. The van der Waals surface area contributed by atoms with Crippen molar-refractivity contribution in [3.05, 3.63) is 59.1 Å². The van der Waals surface area contributed by atoms with E-state index in [4.69, 9.17) is 11.6 Å². The van der Waals surface area contributed by atoms with Crippen LogP contribution in [0.1, 0.15) is 12.0 Å². The Morgan fingerprint density at radius 2 is 1.72 bits per heavy atom. The van der Waals surface area contributed by atoms with Crippen LogP contribution in [0.2, 0.25) is 5.02 Å². The van der Waals surface area contributed by atoms with E-state index in [1.165, 1.54) is 22.5 Å². The van der Waals surface area contributed by atoms with E-state index in [1.54, 1.807) is 37.3 Å². The van der Waals surface area contributed by atoms with Crippen LogP contribution in [-0.4, -0.2) is 39.5 Å². The van der Waals surface area contributed by atoms with Gasteiger partial charge in [0.05, 0.1) is 15.0 Å². The summed E-state index contributed by atoms with van der Waals surface area (Å²) >= 11 is 5.93. The predicted molar refractivity (Wildman–Crippen MR) is 97.0 cm³/mol. The minimum atomic E-state index is -3.78. The average molecular weight is 400 g/mol. The first-order valence-corrected chi connectivity index (χ1v) is 11.1. The van der Waals surface area contributed by atoms with Gasteiger partial charge >= 0.3 is 0 Å². The summed E-state index contributed by atoms with van der Waals surface area (Å²) in [5.41, 5.74) is 0.582. The van der Waals surface area contributed by atoms with Crippen molar-refractivity contribution >= 4 is 31.5 Å². The van der Waals surface area contributed by atoms with Crippen molar-refractivity contribution in [2.75, 3.05) is 13.1 Å². The van der Waals surface area contributed by atoms with E-state index >= 15 is 0 Å². The highest BCUT2D eigenvalue weighted by Crippen LogP contribution is 2.30. The Morgan fingerprint density at radius 1 is 1.04 bits per heavy atom. The zero-order valence-corrected chi connectivity index (χ0v) is 16.0. The number of benzene rings is 2. The molecule has 2 aromatic rings. The summed E-state index contributed by atoms with van der Waals surface area (Å²) in [6.45, 7) is 1.81. The summed E-state index contributed by atoms with van der Waals surface area (Å²) in [6.07, 6.45) is 0.274. The number of halogens is 1. The Morgan fingerprint density at radius 3 is 2.40 bits per heavy atom. The molecule has 2 aromatic carbocycles. The highest BCUT2D eigenvalue weighted by molar-refractivity contribution is 7.92. The Balaban J connectivity index is 1.89. The second-order valence-electron chi connectivity index (χ2n) is 6.04. The highest BCUT2D eigenvalue weighted by atomic mass is 35.5. The summed E-state index contributed by atoms with van der Waals surface area (Å²) in [5, 5.41) is -0.416. The first-order valence-electron chi connectivity index (χ1n) is 7.78. The van der Waals surface area contributed by atoms with E-state index in [2.05, 4.69) is 0 Å². The standard InChI is InChI=1S/C17H18ClNO4S2/c1-13-7-8-14(18)11-17(13)25(22,23)19-10-9-16(12-19)24(20,21)15-5-3-2-4-6-15/h2-8,11,16H,9-10,12H2,1H3. The van der Waals surface area contributed by atoms with Gasteiger partial charge in [0.15, 0.2) is 9.84 Å². The third-order valence-electron chi connectivity index (χ3n) is 4.39. The summed E-state index contributed by atoms with van der Waals surface area (Å²) < 4.78 is 52.5. The van der Waals surface area contributed by atoms with Crippen molar-refractivity contribution in [1.29, 1.82) is 0 Å². The highest BCUT2D eigenvalue weighted by Gasteiger charge is 2.39. The van der Waals surface area contributed by atoms with Crippen LogP contribution in [0.15, 0.2) is 58.3 Å². The third kappa shape index (κ3) is 3.46. The maximum absolute atomic E-state index is 12.9. The van der Waals surface area contributed by atoms with Crippen molar-refractivity contribution in [2.24, 2.45) is 0 Å². The maximum Gasteiger partial charge on any atom is 0.243 e. The summed E-state index contributed by atoms with van der Waals surface area (Å²) in [5.74, 6) is 0. The summed E-state index contributed by atoms with van der Waals surface area (Å²) in [4.78, 5) is 0.343. The number of hydrogen-bond donors (Lipinski definition) is 0. The first kappa shape index (κ1) is 18.4. The van der Waals surface area contributed by atoms with Gasteiger partial charge in [-0.15, -0.1) is 0 Å². The van der Waals surface area contributed by atoms with Crippen molar-refractivity contribution in [1.82, 2.24) is 4.31 Å². The van der Waals surface area contributed by atoms with Gasteiger partial charge in [-0.1, -0.05) is 35.9 Å². The van der Waals surface area contributed by atoms with E-state index < -0.39 is 25.1 Å². The van der Waals surface area contributed by atoms with Crippen LogP contribution in [0, 0.1) is 6.92 Å². The topological polar surface area (TPSA) is 71.5 Å². The molecule has 25 heavy (non-hydrogen) atoms. The van der Waals surface area contributed by atoms with Crippen molar-refractivity contribution < 1.29 is 16.8 Å². The van der Waals surface area contributed by atoms with Gasteiger partial charge in [0.2, 0.25) is 10.0 Å². The lowest BCUT2D eigenvalue weighted by Crippen LogP contribution is -2.32. The lowest BCUT2D eigenvalue weighted by molar-refractivity contribution is 0.476. The lowest BCUT2D eigenvalue weighted by Gasteiger charge is -2.18. The molecule has 1 saturated heterocycles. The van der Waals surface area contributed by atoms with Crippen LogP contribution in [0.3, 0.4) is 0 Å². The minimum absolute atomic E-state index is 0.0501. The Bertz CT molecular complexity index is 989. The van der Waals surface area contributed by atoms with E-state index in [0.717, 1.165) is 0 Å². The molecule has 1 aliphatic heterocycles. The molecule has 3 rings (SSSR count). The molecule has 0 aromatic heterocycles. The first-order chi connectivity index (χ1) is 11.7. The van der Waals surface area contributed by atoms with E-state index in [-0.39, 0.29) is 29.3 Å². The normalized spacial score (nSPS) is 19.2. The molecule has 0 spiro atoms. The SMILES string of the molecule is Cc1ccc(Cl)cc1S(=O)(=O)N1CCC(S(=O)(=O)c2ccccc2)C1. The van der Waals surface area contributed by atoms with Crippen molar-refractivity contribution in [3.63, 3.8) is 0 Å². The molecule has 0 amide bonds. The average Bonchev–Trinajstić information content (AvgIpc) is 3.09. The molecule has 0 bridgehead atoms. The van der Waals surface area contributed by atoms with Gasteiger partial charge in [0.25, 0.3) is 0 Å². The zero-order valence-electron chi connectivity index (χ0n) is 13.6. The fourth-order valence-corrected chi connectivity index (χ4v) is 6.76. The van der Waals surface area contributed by atoms with E-state index in [9.17, 15) is 16.8 Å². The molecule has 0 aliphatic carbocycles. The molecule has 1 heterocycles. The van der Waals surface area contributed by atoms with Crippen molar-refractivity contribution in [3.8, 4) is 0 Å². The summed E-state index contributed by atoms with van der Waals surface area (Å²) in [6, 6.07) is 12.8. The molecule has 0 radical (unpaired) electrons. The largest absolute Gasteiger partial charge is 0.243 e. The zero-order chi connectivity index (χ0) is 18.2. The number of rotatable bonds is 4. The minimum Gasteiger partial charge on any atom is -0.223 e. The molecule has 134 valence electrons. The summed E-state index contributed by atoms with van der Waals surface area (Å²) in [7, 11) is -7.35. The number of nitrogens with zero attached hydrogens (tertiary/aromatic N) is 1. The van der Waals surface area contributed by atoms with Crippen LogP contribution in [-0.2, 0) is 19.9 Å². The molecule has 1 aliphatic rings. The van der Waals surface area contributed by atoms with Gasteiger partial charge in [-0.05, 0) is 43.2 Å². The predicted octanol–water partition coefficient (Wildman–Crippen LogP) is 2.89. The van der Waals surface area contributed by atoms with E-state index in [1.807, 2.05) is 0 Å². The number of hydrogen-bond acceptors (Lipinski definition) is 4. The molecule has 1 unspecified atom stereocenters. The molecular formula is C17H18ClNO4S2. The van der Waals surface area contributed by atoms with Crippen LogP contribution >= 0.6 is 11.6 Å². The number of sulfone groups is 1. The molecule has 5 nitrogen and oxygen atoms in total. The van der Waals surface area contributed by atoms with Gasteiger partial charge < -0.3 is 0 Å². The van der Waals surface area contributed by atoms with Crippen LogP contribution in [0.4, 0.5) is 0 Å². The lowest BCUT2D eigenvalue weighted by atomic mass is 10.2. The van der Waals surface area contributed by atoms with Crippen LogP contribution < -0.4 is 0 Å². The third-order valence-corrected chi connectivity index (χ3v) is 8.82. The fourth-order valence-electron chi connectivity index (χ4n) is 2.96. The monoisotopic (exact) mass is 399 g/mol. The van der Waals surface area contributed by atoms with E-state index in [0.29, 0.717) is 10.6 Å². The van der Waals surface area contributed by atoms with Gasteiger partial charge in [-0.3, -0.25) is 0 Å². The smallest absolute Gasteiger partial charge is 0.223 e. The quantitative estimate of drug-likeness (QED) is 0.792. The molecule has 1 atom stereocenters. The fraction of sp³-hybridized carbons (Fsp3) is 0.294. The molecule has 0 saturated carbocycles. The molecule has 0 N–H and O–H groups in total. The second kappa shape index (κ2) is 6.72.